The first kappa shape index (κ1) is 16.8. The number of amides is 1. The maximum atomic E-state index is 13.1. The van der Waals surface area contributed by atoms with Crippen molar-refractivity contribution in [3.05, 3.63) is 84.5 Å². The van der Waals surface area contributed by atoms with Crippen LogP contribution in [0.4, 0.5) is 0 Å². The molecular formula is C21H23NO. The van der Waals surface area contributed by atoms with Gasteiger partial charge in [-0.2, -0.15) is 0 Å². The molecule has 0 atom stereocenters. The highest BCUT2D eigenvalue weighted by Gasteiger charge is 2.18. The van der Waals surface area contributed by atoms with E-state index in [1.807, 2.05) is 67.3 Å². The number of fused-ring (bicyclic) bond motifs is 1. The molecule has 2 heteroatoms. The number of carbonyl (C=O) groups is 1. The van der Waals surface area contributed by atoms with E-state index in [1.54, 1.807) is 6.08 Å². The molecule has 118 valence electrons. The number of benzene rings is 2. The Morgan fingerprint density at radius 1 is 1.09 bits per heavy atom. The lowest BCUT2D eigenvalue weighted by molar-refractivity contribution is 0.0785. The van der Waals surface area contributed by atoms with E-state index in [9.17, 15) is 4.79 Å². The molecule has 0 aliphatic heterocycles. The van der Waals surface area contributed by atoms with Gasteiger partial charge in [-0.3, -0.25) is 4.79 Å². The van der Waals surface area contributed by atoms with Crippen LogP contribution < -0.4 is 0 Å². The van der Waals surface area contributed by atoms with E-state index in [0.717, 1.165) is 27.5 Å². The molecule has 0 saturated heterocycles. The summed E-state index contributed by atoms with van der Waals surface area (Å²) in [5, 5.41) is 2.06. The van der Waals surface area contributed by atoms with Crippen molar-refractivity contribution in [1.29, 1.82) is 0 Å². The van der Waals surface area contributed by atoms with Gasteiger partial charge >= 0.3 is 0 Å². The van der Waals surface area contributed by atoms with Crippen molar-refractivity contribution in [2.24, 2.45) is 0 Å². The first-order chi connectivity index (χ1) is 11.0. The number of hydrogen-bond donors (Lipinski definition) is 0. The van der Waals surface area contributed by atoms with Gasteiger partial charge in [0.2, 0.25) is 0 Å². The Balaban J connectivity index is 2.40. The summed E-state index contributed by atoms with van der Waals surface area (Å²) in [7, 11) is 0. The van der Waals surface area contributed by atoms with Crippen molar-refractivity contribution in [3.63, 3.8) is 0 Å². The Bertz CT molecular complexity index is 765. The summed E-state index contributed by atoms with van der Waals surface area (Å²) in [6.07, 6.45) is 3.68. The fraction of sp³-hybridized carbons (Fsp3) is 0.190. The topological polar surface area (TPSA) is 20.3 Å². The standard InChI is InChI=1S/C21H23NO/c1-5-9-17(4)15-22(14-16(2)3)21(23)20-13-8-11-18-10-6-7-12-19(18)20/h5-13H,1-2,14-15H2,3-4H3/b17-9+. The van der Waals surface area contributed by atoms with Gasteiger partial charge in [-0.15, -0.1) is 0 Å². The van der Waals surface area contributed by atoms with Gasteiger partial charge in [0.25, 0.3) is 5.91 Å². The third kappa shape index (κ3) is 4.19. The summed E-state index contributed by atoms with van der Waals surface area (Å²) in [6, 6.07) is 13.8. The van der Waals surface area contributed by atoms with Crippen molar-refractivity contribution in [2.75, 3.05) is 13.1 Å². The zero-order chi connectivity index (χ0) is 16.8. The Labute approximate surface area is 138 Å². The van der Waals surface area contributed by atoms with E-state index >= 15 is 0 Å². The van der Waals surface area contributed by atoms with Crippen LogP contribution in [-0.2, 0) is 0 Å². The first-order valence-electron chi connectivity index (χ1n) is 7.72. The van der Waals surface area contributed by atoms with E-state index in [1.165, 1.54) is 0 Å². The number of hydrogen-bond acceptors (Lipinski definition) is 1. The molecule has 2 aromatic rings. The summed E-state index contributed by atoms with van der Waals surface area (Å²) in [4.78, 5) is 14.9. The van der Waals surface area contributed by atoms with Crippen LogP contribution >= 0.6 is 0 Å². The van der Waals surface area contributed by atoms with E-state index < -0.39 is 0 Å². The van der Waals surface area contributed by atoms with Crippen molar-refractivity contribution in [1.82, 2.24) is 4.90 Å². The molecule has 0 radical (unpaired) electrons. The molecule has 0 N–H and O–H groups in total. The Kier molecular flexibility index (Phi) is 5.53. The third-order valence-electron chi connectivity index (χ3n) is 3.61. The Morgan fingerprint density at radius 3 is 2.48 bits per heavy atom. The fourth-order valence-electron chi connectivity index (χ4n) is 2.66. The third-order valence-corrected chi connectivity index (χ3v) is 3.61. The molecule has 0 aliphatic carbocycles. The van der Waals surface area contributed by atoms with Gasteiger partial charge < -0.3 is 4.90 Å². The second-order valence-corrected chi connectivity index (χ2v) is 5.89. The first-order valence-corrected chi connectivity index (χ1v) is 7.72. The predicted octanol–water partition coefficient (Wildman–Crippen LogP) is 4.99. The summed E-state index contributed by atoms with van der Waals surface area (Å²) in [5.41, 5.74) is 2.79. The van der Waals surface area contributed by atoms with Gasteiger partial charge in [0.05, 0.1) is 0 Å². The lowest BCUT2D eigenvalue weighted by atomic mass is 10.0. The van der Waals surface area contributed by atoms with Crippen LogP contribution in [0.3, 0.4) is 0 Å². The highest BCUT2D eigenvalue weighted by molar-refractivity contribution is 6.07. The summed E-state index contributed by atoms with van der Waals surface area (Å²) in [5.74, 6) is 0.0293. The van der Waals surface area contributed by atoms with Crippen molar-refractivity contribution < 1.29 is 4.79 Å². The van der Waals surface area contributed by atoms with Gasteiger partial charge in [0.15, 0.2) is 0 Å². The zero-order valence-corrected chi connectivity index (χ0v) is 13.9. The van der Waals surface area contributed by atoms with E-state index in [4.69, 9.17) is 0 Å². The quantitative estimate of drug-likeness (QED) is 0.544. The maximum absolute atomic E-state index is 13.1. The number of nitrogens with zero attached hydrogens (tertiary/aromatic N) is 1. The smallest absolute Gasteiger partial charge is 0.255 e. The van der Waals surface area contributed by atoms with Crippen LogP contribution in [0.1, 0.15) is 24.2 Å². The Morgan fingerprint density at radius 2 is 1.78 bits per heavy atom. The van der Waals surface area contributed by atoms with Crippen LogP contribution in [0.2, 0.25) is 0 Å². The molecule has 0 aromatic heterocycles. The van der Waals surface area contributed by atoms with Gasteiger partial charge in [-0.1, -0.05) is 72.9 Å². The van der Waals surface area contributed by atoms with Crippen LogP contribution in [0, 0.1) is 0 Å². The van der Waals surface area contributed by atoms with Gasteiger partial charge in [-0.25, -0.2) is 0 Å². The summed E-state index contributed by atoms with van der Waals surface area (Å²) >= 11 is 0. The fourth-order valence-corrected chi connectivity index (χ4v) is 2.66. The van der Waals surface area contributed by atoms with E-state index in [-0.39, 0.29) is 5.91 Å². The van der Waals surface area contributed by atoms with Crippen LogP contribution in [0.15, 0.2) is 78.9 Å². The molecule has 0 unspecified atom stereocenters. The average Bonchev–Trinajstić information content (AvgIpc) is 2.53. The highest BCUT2D eigenvalue weighted by atomic mass is 16.2. The SMILES string of the molecule is C=C/C=C(\C)CN(CC(=C)C)C(=O)c1cccc2ccccc12. The minimum absolute atomic E-state index is 0.0293. The van der Waals surface area contributed by atoms with Gasteiger partial charge in [-0.05, 0) is 30.7 Å². The normalized spacial score (nSPS) is 11.3. The van der Waals surface area contributed by atoms with Gasteiger partial charge in [0.1, 0.15) is 0 Å². The maximum Gasteiger partial charge on any atom is 0.255 e. The predicted molar refractivity (Wildman–Crippen MR) is 98.6 cm³/mol. The van der Waals surface area contributed by atoms with E-state index in [2.05, 4.69) is 13.2 Å². The lowest BCUT2D eigenvalue weighted by Crippen LogP contribution is -2.34. The second-order valence-electron chi connectivity index (χ2n) is 5.89. The van der Waals surface area contributed by atoms with Gasteiger partial charge in [0, 0.05) is 18.7 Å². The molecule has 0 bridgehead atoms. The minimum Gasteiger partial charge on any atom is -0.331 e. The Hall–Kier alpha value is -2.61. The molecule has 0 spiro atoms. The summed E-state index contributed by atoms with van der Waals surface area (Å²) < 4.78 is 0. The van der Waals surface area contributed by atoms with Crippen LogP contribution in [0.5, 0.6) is 0 Å². The largest absolute Gasteiger partial charge is 0.331 e. The molecule has 2 nitrogen and oxygen atoms in total. The number of rotatable bonds is 6. The molecule has 2 rings (SSSR count). The van der Waals surface area contributed by atoms with Crippen molar-refractivity contribution >= 4 is 16.7 Å². The second kappa shape index (κ2) is 7.59. The van der Waals surface area contributed by atoms with Crippen molar-refractivity contribution in [2.45, 2.75) is 13.8 Å². The molecule has 23 heavy (non-hydrogen) atoms. The molecule has 0 fully saturated rings. The zero-order valence-electron chi connectivity index (χ0n) is 13.9. The van der Waals surface area contributed by atoms with Crippen molar-refractivity contribution in [3.8, 4) is 0 Å². The molecule has 2 aromatic carbocycles. The number of allylic oxidation sites excluding steroid dienone is 2. The van der Waals surface area contributed by atoms with Crippen LogP contribution in [0.25, 0.3) is 10.8 Å². The molecule has 0 heterocycles. The summed E-state index contributed by atoms with van der Waals surface area (Å²) in [6.45, 7) is 12.7. The van der Waals surface area contributed by atoms with Crippen LogP contribution in [-0.4, -0.2) is 23.9 Å². The lowest BCUT2D eigenvalue weighted by Gasteiger charge is -2.24. The average molecular weight is 305 g/mol. The monoisotopic (exact) mass is 305 g/mol. The molecular weight excluding hydrogens is 282 g/mol. The minimum atomic E-state index is 0.0293. The van der Waals surface area contributed by atoms with E-state index in [0.29, 0.717) is 13.1 Å². The highest BCUT2D eigenvalue weighted by Crippen LogP contribution is 2.21. The molecule has 0 aliphatic rings. The number of carbonyl (C=O) groups excluding carboxylic acids is 1. The molecule has 0 saturated carbocycles. The molecule has 1 amide bonds.